The molecule has 3 aromatic carbocycles. The van der Waals surface area contributed by atoms with Gasteiger partial charge in [0.05, 0.1) is 0 Å². The summed E-state index contributed by atoms with van der Waals surface area (Å²) in [4.78, 5) is 12.2. The van der Waals surface area contributed by atoms with E-state index in [-0.39, 0.29) is 6.61 Å². The highest BCUT2D eigenvalue weighted by Gasteiger charge is 2.39. The number of carbonyl (C=O) groups is 1. The van der Waals surface area contributed by atoms with Crippen LogP contribution in [-0.2, 0) is 17.9 Å². The molecule has 1 fully saturated rings. The molecule has 1 saturated carbocycles. The van der Waals surface area contributed by atoms with Crippen LogP contribution in [0.2, 0.25) is 5.02 Å². The van der Waals surface area contributed by atoms with Gasteiger partial charge in [0.25, 0.3) is 0 Å². The topological polar surface area (TPSA) is 64.3 Å². The Morgan fingerprint density at radius 1 is 0.966 bits per heavy atom. The molecule has 3 aromatic rings. The van der Waals surface area contributed by atoms with Crippen molar-refractivity contribution in [2.75, 3.05) is 5.32 Å². The van der Waals surface area contributed by atoms with Gasteiger partial charge in [-0.1, -0.05) is 66.2 Å². The van der Waals surface area contributed by atoms with Crippen LogP contribution < -0.4 is 11.1 Å². The largest absolute Gasteiger partial charge is 0.444 e. The Kier molecular flexibility index (Phi) is 5.84. The van der Waals surface area contributed by atoms with E-state index >= 15 is 0 Å². The quantitative estimate of drug-likeness (QED) is 0.542. The molecule has 0 spiro atoms. The van der Waals surface area contributed by atoms with Crippen molar-refractivity contribution in [2.45, 2.75) is 31.4 Å². The van der Waals surface area contributed by atoms with Crippen molar-refractivity contribution in [3.05, 3.63) is 100 Å². The number of anilines is 1. The smallest absolute Gasteiger partial charge is 0.411 e. The van der Waals surface area contributed by atoms with Crippen LogP contribution in [0.15, 0.2) is 72.8 Å². The molecule has 0 aliphatic heterocycles. The lowest BCUT2D eigenvalue weighted by molar-refractivity contribution is 0.155. The van der Waals surface area contributed by atoms with Crippen molar-refractivity contribution < 1.29 is 9.53 Å². The summed E-state index contributed by atoms with van der Waals surface area (Å²) < 4.78 is 5.30. The maximum Gasteiger partial charge on any atom is 0.411 e. The number of carbonyl (C=O) groups excluding carboxylic acids is 1. The molecular formula is C24H23ClN2O2. The fraction of sp³-hybridized carbons (Fsp3) is 0.208. The van der Waals surface area contributed by atoms with Crippen LogP contribution in [0.5, 0.6) is 0 Å². The van der Waals surface area contributed by atoms with E-state index in [1.807, 2.05) is 48.5 Å². The van der Waals surface area contributed by atoms with E-state index in [1.165, 1.54) is 5.56 Å². The highest BCUT2D eigenvalue weighted by atomic mass is 35.5. The average molecular weight is 407 g/mol. The van der Waals surface area contributed by atoms with E-state index in [1.54, 1.807) is 6.07 Å². The molecule has 0 saturated heterocycles. The van der Waals surface area contributed by atoms with Gasteiger partial charge in [-0.15, -0.1) is 0 Å². The number of nitrogens with two attached hydrogens (primary N) is 1. The zero-order chi connectivity index (χ0) is 20.2. The molecule has 2 atom stereocenters. The van der Waals surface area contributed by atoms with Gasteiger partial charge in [-0.25, -0.2) is 4.79 Å². The van der Waals surface area contributed by atoms with Gasteiger partial charge in [-0.3, -0.25) is 5.32 Å². The Balaban J connectivity index is 1.41. The van der Waals surface area contributed by atoms with Crippen LogP contribution in [0, 0.1) is 0 Å². The summed E-state index contributed by atoms with van der Waals surface area (Å²) in [5, 5.41) is 3.39. The molecule has 3 N–H and O–H groups in total. The van der Waals surface area contributed by atoms with Gasteiger partial charge in [-0.05, 0) is 58.7 Å². The van der Waals surface area contributed by atoms with Gasteiger partial charge in [-0.2, -0.15) is 0 Å². The van der Waals surface area contributed by atoms with Crippen molar-refractivity contribution in [2.24, 2.45) is 5.73 Å². The fourth-order valence-electron chi connectivity index (χ4n) is 3.66. The molecule has 0 unspecified atom stereocenters. The van der Waals surface area contributed by atoms with Gasteiger partial charge in [0.15, 0.2) is 0 Å². The summed E-state index contributed by atoms with van der Waals surface area (Å²) in [7, 11) is 0. The maximum atomic E-state index is 12.2. The molecule has 0 heterocycles. The van der Waals surface area contributed by atoms with Gasteiger partial charge >= 0.3 is 6.09 Å². The fourth-order valence-corrected chi connectivity index (χ4v) is 3.90. The highest BCUT2D eigenvalue weighted by Crippen LogP contribution is 2.55. The molecule has 1 amide bonds. The molecule has 29 heavy (non-hydrogen) atoms. The molecule has 4 rings (SSSR count). The Morgan fingerprint density at radius 2 is 1.72 bits per heavy atom. The lowest BCUT2D eigenvalue weighted by Gasteiger charge is -2.10. The Morgan fingerprint density at radius 3 is 2.52 bits per heavy atom. The number of hydrogen-bond donors (Lipinski definition) is 2. The van der Waals surface area contributed by atoms with Crippen molar-refractivity contribution in [1.29, 1.82) is 0 Å². The number of hydrogen-bond acceptors (Lipinski definition) is 3. The van der Waals surface area contributed by atoms with Crippen LogP contribution in [0.25, 0.3) is 0 Å². The van der Waals surface area contributed by atoms with Gasteiger partial charge in [0, 0.05) is 17.3 Å². The molecule has 0 radical (unpaired) electrons. The Labute approximate surface area is 175 Å². The third-order valence-corrected chi connectivity index (χ3v) is 5.43. The first-order chi connectivity index (χ1) is 14.1. The second kappa shape index (κ2) is 8.68. The predicted octanol–water partition coefficient (Wildman–Crippen LogP) is 5.82. The average Bonchev–Trinajstić information content (AvgIpc) is 3.54. The second-order valence-corrected chi connectivity index (χ2v) is 7.79. The zero-order valence-corrected chi connectivity index (χ0v) is 16.7. The van der Waals surface area contributed by atoms with E-state index in [2.05, 4.69) is 23.5 Å². The van der Waals surface area contributed by atoms with E-state index in [0.717, 1.165) is 23.1 Å². The molecule has 1 aliphatic rings. The van der Waals surface area contributed by atoms with E-state index in [0.29, 0.717) is 29.1 Å². The normalized spacial score (nSPS) is 17.6. The third-order valence-electron chi connectivity index (χ3n) is 5.21. The molecule has 0 aromatic heterocycles. The first kappa shape index (κ1) is 19.5. The minimum Gasteiger partial charge on any atom is -0.444 e. The van der Waals surface area contributed by atoms with Crippen LogP contribution in [0.3, 0.4) is 0 Å². The van der Waals surface area contributed by atoms with Gasteiger partial charge < -0.3 is 10.5 Å². The van der Waals surface area contributed by atoms with Gasteiger partial charge in [0.1, 0.15) is 6.61 Å². The SMILES string of the molecule is NCc1cccc([C@@H]2C[C@H]2c2cc(Cl)cc(NC(=O)OCc3ccccc3)c2)c1. The third kappa shape index (κ3) is 4.97. The summed E-state index contributed by atoms with van der Waals surface area (Å²) in [5.41, 5.74) is 10.9. The standard InChI is InChI=1S/C24H23ClN2O2/c25-20-10-19(23-13-22(23)18-8-4-7-17(9-18)14-26)11-21(12-20)27-24(28)29-15-16-5-2-1-3-6-16/h1-12,22-23H,13-15,26H2,(H,27,28)/t22-,23-/m0/s1. The van der Waals surface area contributed by atoms with E-state index in [4.69, 9.17) is 22.1 Å². The second-order valence-electron chi connectivity index (χ2n) is 7.36. The first-order valence-electron chi connectivity index (χ1n) is 9.69. The minimum atomic E-state index is -0.495. The number of rotatable bonds is 6. The number of halogens is 1. The summed E-state index contributed by atoms with van der Waals surface area (Å²) in [6.07, 6.45) is 0.566. The summed E-state index contributed by atoms with van der Waals surface area (Å²) in [5.74, 6) is 0.848. The molecule has 0 bridgehead atoms. The molecule has 5 heteroatoms. The minimum absolute atomic E-state index is 0.224. The summed E-state index contributed by atoms with van der Waals surface area (Å²) >= 11 is 6.31. The lowest BCUT2D eigenvalue weighted by Crippen LogP contribution is -2.13. The number of amides is 1. The zero-order valence-electron chi connectivity index (χ0n) is 16.0. The number of nitrogens with one attached hydrogen (secondary N) is 1. The molecule has 1 aliphatic carbocycles. The van der Waals surface area contributed by atoms with Crippen LogP contribution in [-0.4, -0.2) is 6.09 Å². The van der Waals surface area contributed by atoms with E-state index in [9.17, 15) is 4.79 Å². The van der Waals surface area contributed by atoms with Crippen LogP contribution in [0.1, 0.15) is 40.5 Å². The molecule has 4 nitrogen and oxygen atoms in total. The summed E-state index contributed by atoms with van der Waals surface area (Å²) in [6, 6.07) is 23.7. The van der Waals surface area contributed by atoms with Crippen molar-refractivity contribution >= 4 is 23.4 Å². The number of benzene rings is 3. The predicted molar refractivity (Wildman–Crippen MR) is 116 cm³/mol. The Hall–Kier alpha value is -2.82. The lowest BCUT2D eigenvalue weighted by atomic mass is 10.0. The number of ether oxygens (including phenoxy) is 1. The van der Waals surface area contributed by atoms with Crippen molar-refractivity contribution in [3.63, 3.8) is 0 Å². The van der Waals surface area contributed by atoms with Crippen LogP contribution in [0.4, 0.5) is 10.5 Å². The first-order valence-corrected chi connectivity index (χ1v) is 10.1. The maximum absolute atomic E-state index is 12.2. The van der Waals surface area contributed by atoms with Gasteiger partial charge in [0.2, 0.25) is 0 Å². The van der Waals surface area contributed by atoms with Crippen LogP contribution >= 0.6 is 11.6 Å². The van der Waals surface area contributed by atoms with Crippen molar-refractivity contribution in [3.8, 4) is 0 Å². The molecule has 148 valence electrons. The van der Waals surface area contributed by atoms with Crippen molar-refractivity contribution in [1.82, 2.24) is 0 Å². The molecular weight excluding hydrogens is 384 g/mol. The highest BCUT2D eigenvalue weighted by molar-refractivity contribution is 6.31. The monoisotopic (exact) mass is 406 g/mol. The van der Waals surface area contributed by atoms with E-state index < -0.39 is 6.09 Å². The Bertz CT molecular complexity index is 1010. The summed E-state index contributed by atoms with van der Waals surface area (Å²) in [6.45, 7) is 0.768.